The third kappa shape index (κ3) is 5.28. The van der Waals surface area contributed by atoms with Crippen LogP contribution in [-0.2, 0) is 16.0 Å². The van der Waals surface area contributed by atoms with E-state index in [0.717, 1.165) is 45.2 Å². The Balaban J connectivity index is 1.42. The predicted molar refractivity (Wildman–Crippen MR) is 112 cm³/mol. The summed E-state index contributed by atoms with van der Waals surface area (Å²) in [6, 6.07) is 10.6. The zero-order valence-corrected chi connectivity index (χ0v) is 17.4. The second-order valence-electron chi connectivity index (χ2n) is 7.91. The van der Waals surface area contributed by atoms with E-state index < -0.39 is 0 Å². The third-order valence-electron chi connectivity index (χ3n) is 6.25. The van der Waals surface area contributed by atoms with Crippen LogP contribution < -0.4 is 0 Å². The summed E-state index contributed by atoms with van der Waals surface area (Å²) in [4.78, 5) is 29.3. The van der Waals surface area contributed by atoms with Crippen molar-refractivity contribution in [1.29, 1.82) is 0 Å². The first-order chi connectivity index (χ1) is 13.1. The molecule has 0 aromatic heterocycles. The quantitative estimate of drug-likeness (QED) is 0.748. The van der Waals surface area contributed by atoms with E-state index in [2.05, 4.69) is 18.4 Å². The maximum Gasteiger partial charge on any atom is 0.225 e. The fourth-order valence-corrected chi connectivity index (χ4v) is 5.17. The average molecular weight is 389 g/mol. The minimum Gasteiger partial charge on any atom is -0.343 e. The molecular weight excluding hydrogens is 356 g/mol. The Morgan fingerprint density at radius 2 is 1.81 bits per heavy atom. The highest BCUT2D eigenvalue weighted by Crippen LogP contribution is 2.32. The first kappa shape index (κ1) is 20.2. The molecule has 0 N–H and O–H groups in total. The molecule has 1 saturated carbocycles. The predicted octanol–water partition coefficient (Wildman–Crippen LogP) is 3.60. The number of nitrogens with zero attached hydrogens (tertiary/aromatic N) is 2. The smallest absolute Gasteiger partial charge is 0.225 e. The van der Waals surface area contributed by atoms with Crippen molar-refractivity contribution in [2.45, 2.75) is 56.2 Å². The molecule has 27 heavy (non-hydrogen) atoms. The first-order valence-corrected chi connectivity index (χ1v) is 11.5. The molecule has 4 nitrogen and oxygen atoms in total. The number of amides is 2. The van der Waals surface area contributed by atoms with Crippen LogP contribution in [0, 0.1) is 5.92 Å². The van der Waals surface area contributed by atoms with E-state index in [4.69, 9.17) is 0 Å². The van der Waals surface area contributed by atoms with Crippen molar-refractivity contribution in [3.8, 4) is 0 Å². The zero-order valence-electron chi connectivity index (χ0n) is 16.6. The lowest BCUT2D eigenvalue weighted by Gasteiger charge is -2.35. The van der Waals surface area contributed by atoms with Crippen molar-refractivity contribution in [2.24, 2.45) is 5.92 Å². The molecule has 0 bridgehead atoms. The Kier molecular flexibility index (Phi) is 7.22. The summed E-state index contributed by atoms with van der Waals surface area (Å²) in [5, 5.41) is 0.703. The molecule has 0 radical (unpaired) electrons. The van der Waals surface area contributed by atoms with Crippen LogP contribution in [0.25, 0.3) is 0 Å². The lowest BCUT2D eigenvalue weighted by atomic mass is 9.94. The lowest BCUT2D eigenvalue weighted by molar-refractivity contribution is -0.141. The van der Waals surface area contributed by atoms with Crippen molar-refractivity contribution in [3.05, 3.63) is 35.9 Å². The highest BCUT2D eigenvalue weighted by Gasteiger charge is 2.34. The van der Waals surface area contributed by atoms with E-state index in [1.165, 1.54) is 12.0 Å². The van der Waals surface area contributed by atoms with Gasteiger partial charge in [0.25, 0.3) is 0 Å². The number of thioether (sulfide) groups is 1. The SMILES string of the molecule is CS[C@@H]1CC[C@H](N(C)C(=O)C2CCN(C(=O)CCc3ccccc3)CC2)C1. The summed E-state index contributed by atoms with van der Waals surface area (Å²) in [6.45, 7) is 1.44. The van der Waals surface area contributed by atoms with Crippen molar-refractivity contribution in [3.63, 3.8) is 0 Å². The zero-order chi connectivity index (χ0) is 19.2. The molecule has 1 saturated heterocycles. The number of likely N-dealkylation sites (tertiary alicyclic amines) is 1. The van der Waals surface area contributed by atoms with Gasteiger partial charge in [0.15, 0.2) is 0 Å². The molecule has 1 aromatic rings. The normalized spacial score (nSPS) is 23.4. The maximum atomic E-state index is 12.9. The van der Waals surface area contributed by atoms with Gasteiger partial charge in [0.2, 0.25) is 11.8 Å². The Bertz CT molecular complexity index is 628. The second-order valence-corrected chi connectivity index (χ2v) is 9.05. The van der Waals surface area contributed by atoms with Crippen LogP contribution in [0.3, 0.4) is 0 Å². The number of hydrogen-bond donors (Lipinski definition) is 0. The Morgan fingerprint density at radius 3 is 2.44 bits per heavy atom. The van der Waals surface area contributed by atoms with Crippen molar-refractivity contribution in [1.82, 2.24) is 9.80 Å². The number of rotatable bonds is 6. The van der Waals surface area contributed by atoms with E-state index in [-0.39, 0.29) is 17.7 Å². The molecule has 0 unspecified atom stereocenters. The molecule has 1 heterocycles. The van der Waals surface area contributed by atoms with Crippen LogP contribution in [0.2, 0.25) is 0 Å². The molecule has 2 aliphatic rings. The summed E-state index contributed by atoms with van der Waals surface area (Å²) in [6.07, 6.45) is 8.60. The maximum absolute atomic E-state index is 12.9. The first-order valence-electron chi connectivity index (χ1n) is 10.2. The van der Waals surface area contributed by atoms with Crippen LogP contribution in [0.5, 0.6) is 0 Å². The van der Waals surface area contributed by atoms with Crippen LogP contribution in [-0.4, -0.2) is 59.3 Å². The average Bonchev–Trinajstić information content (AvgIpc) is 3.21. The standard InChI is InChI=1S/C22H32N2O2S/c1-23(19-9-10-20(16-19)27-2)22(26)18-12-14-24(15-13-18)21(25)11-8-17-6-4-3-5-7-17/h3-7,18-20H,8-16H2,1-2H3/t19-,20+/m0/s1. The van der Waals surface area contributed by atoms with Gasteiger partial charge in [0, 0.05) is 43.8 Å². The minimum absolute atomic E-state index is 0.0847. The molecule has 5 heteroatoms. The molecule has 0 spiro atoms. The van der Waals surface area contributed by atoms with Gasteiger partial charge in [-0.15, -0.1) is 0 Å². The number of carbonyl (C=O) groups excluding carboxylic acids is 2. The highest BCUT2D eigenvalue weighted by molar-refractivity contribution is 7.99. The van der Waals surface area contributed by atoms with Crippen molar-refractivity contribution >= 4 is 23.6 Å². The number of aryl methyl sites for hydroxylation is 1. The van der Waals surface area contributed by atoms with E-state index >= 15 is 0 Å². The van der Waals surface area contributed by atoms with Crippen LogP contribution >= 0.6 is 11.8 Å². The van der Waals surface area contributed by atoms with Gasteiger partial charge in [-0.2, -0.15) is 11.8 Å². The largest absolute Gasteiger partial charge is 0.343 e. The van der Waals surface area contributed by atoms with E-state index in [0.29, 0.717) is 17.7 Å². The van der Waals surface area contributed by atoms with Crippen LogP contribution in [0.1, 0.15) is 44.1 Å². The van der Waals surface area contributed by atoms with Crippen LogP contribution in [0.15, 0.2) is 30.3 Å². The van der Waals surface area contributed by atoms with Gasteiger partial charge < -0.3 is 9.80 Å². The summed E-state index contributed by atoms with van der Waals surface area (Å²) in [5.74, 6) is 0.594. The molecule has 2 amide bonds. The van der Waals surface area contributed by atoms with E-state index in [9.17, 15) is 9.59 Å². The second kappa shape index (κ2) is 9.63. The molecule has 2 fully saturated rings. The number of carbonyl (C=O) groups is 2. The van der Waals surface area contributed by atoms with Crippen LogP contribution in [0.4, 0.5) is 0 Å². The molecule has 1 aromatic carbocycles. The summed E-state index contributed by atoms with van der Waals surface area (Å²) in [7, 11) is 1.98. The van der Waals surface area contributed by atoms with Crippen molar-refractivity contribution in [2.75, 3.05) is 26.4 Å². The molecule has 1 aliphatic carbocycles. The monoisotopic (exact) mass is 388 g/mol. The highest BCUT2D eigenvalue weighted by atomic mass is 32.2. The lowest BCUT2D eigenvalue weighted by Crippen LogP contribution is -2.45. The Morgan fingerprint density at radius 1 is 1.11 bits per heavy atom. The van der Waals surface area contributed by atoms with Gasteiger partial charge >= 0.3 is 0 Å². The fourth-order valence-electron chi connectivity index (χ4n) is 4.38. The molecule has 1 aliphatic heterocycles. The topological polar surface area (TPSA) is 40.6 Å². The van der Waals surface area contributed by atoms with Gasteiger partial charge in [-0.1, -0.05) is 30.3 Å². The Labute approximate surface area is 167 Å². The summed E-state index contributed by atoms with van der Waals surface area (Å²) < 4.78 is 0. The third-order valence-corrected chi connectivity index (χ3v) is 7.35. The van der Waals surface area contributed by atoms with E-state index in [1.54, 1.807) is 0 Å². The minimum atomic E-state index is 0.0847. The Hall–Kier alpha value is -1.49. The van der Waals surface area contributed by atoms with Gasteiger partial charge in [0.1, 0.15) is 0 Å². The summed E-state index contributed by atoms with van der Waals surface area (Å²) in [5.41, 5.74) is 1.21. The number of benzene rings is 1. The summed E-state index contributed by atoms with van der Waals surface area (Å²) >= 11 is 1.93. The van der Waals surface area contributed by atoms with E-state index in [1.807, 2.05) is 46.8 Å². The van der Waals surface area contributed by atoms with Crippen molar-refractivity contribution < 1.29 is 9.59 Å². The van der Waals surface area contributed by atoms with Gasteiger partial charge in [-0.25, -0.2) is 0 Å². The van der Waals surface area contributed by atoms with Gasteiger partial charge in [-0.05, 0) is 50.3 Å². The van der Waals surface area contributed by atoms with Gasteiger partial charge in [-0.3, -0.25) is 9.59 Å². The fraction of sp³-hybridized carbons (Fsp3) is 0.636. The molecule has 148 valence electrons. The molecule has 2 atom stereocenters. The molecule has 3 rings (SSSR count). The molecular formula is C22H32N2O2S. The van der Waals surface area contributed by atoms with Gasteiger partial charge in [0.05, 0.1) is 0 Å². The number of hydrogen-bond acceptors (Lipinski definition) is 3. The number of piperidine rings is 1.